The highest BCUT2D eigenvalue weighted by Crippen LogP contribution is 2.38. The number of rotatable bonds is 0. The Labute approximate surface area is 96.2 Å². The Balaban J connectivity index is 2.95. The van der Waals surface area contributed by atoms with Gasteiger partial charge in [0.15, 0.2) is 0 Å². The van der Waals surface area contributed by atoms with Crippen molar-refractivity contribution in [3.8, 4) is 0 Å². The van der Waals surface area contributed by atoms with E-state index in [1.54, 1.807) is 11.3 Å². The monoisotopic (exact) mass is 353 g/mol. The van der Waals surface area contributed by atoms with Crippen molar-refractivity contribution in [1.29, 1.82) is 0 Å². The second-order valence-electron chi connectivity index (χ2n) is 2.41. The van der Waals surface area contributed by atoms with Gasteiger partial charge in [-0.15, -0.1) is 11.3 Å². The van der Waals surface area contributed by atoms with E-state index in [0.29, 0.717) is 0 Å². The highest BCUT2D eigenvalue weighted by molar-refractivity contribution is 14.1. The van der Waals surface area contributed by atoms with Crippen LogP contribution in [-0.2, 0) is 0 Å². The maximum Gasteiger partial charge on any atom is 0.0808 e. The quantitative estimate of drug-likeness (QED) is 0.565. The van der Waals surface area contributed by atoms with Gasteiger partial charge in [-0.05, 0) is 44.6 Å². The lowest BCUT2D eigenvalue weighted by atomic mass is 10.2. The molecule has 0 spiro atoms. The Morgan fingerprint density at radius 1 is 1.42 bits per heavy atom. The summed E-state index contributed by atoms with van der Waals surface area (Å²) in [5.41, 5.74) is 6.69. The van der Waals surface area contributed by atoms with E-state index >= 15 is 0 Å². The van der Waals surface area contributed by atoms with E-state index in [1.807, 2.05) is 12.1 Å². The van der Waals surface area contributed by atoms with Gasteiger partial charge in [0.25, 0.3) is 0 Å². The van der Waals surface area contributed by atoms with E-state index in [9.17, 15) is 0 Å². The third kappa shape index (κ3) is 1.25. The molecule has 0 fully saturated rings. The first kappa shape index (κ1) is 8.77. The normalized spacial score (nSPS) is 10.8. The zero-order chi connectivity index (χ0) is 8.72. The van der Waals surface area contributed by atoms with E-state index in [-0.39, 0.29) is 0 Å². The fourth-order valence-electron chi connectivity index (χ4n) is 1.08. The summed E-state index contributed by atoms with van der Waals surface area (Å²) in [7, 11) is 0. The van der Waals surface area contributed by atoms with Crippen LogP contribution in [0, 0.1) is 2.88 Å². The molecule has 0 amide bonds. The molecule has 1 heterocycles. The van der Waals surface area contributed by atoms with Crippen LogP contribution in [0.3, 0.4) is 0 Å². The van der Waals surface area contributed by atoms with Gasteiger partial charge in [0, 0.05) is 15.5 Å². The molecule has 0 aliphatic heterocycles. The van der Waals surface area contributed by atoms with Gasteiger partial charge in [-0.3, -0.25) is 0 Å². The molecule has 0 bridgehead atoms. The van der Waals surface area contributed by atoms with Crippen molar-refractivity contribution in [1.82, 2.24) is 0 Å². The average molecular weight is 354 g/mol. The molecule has 0 aliphatic carbocycles. The topological polar surface area (TPSA) is 26.0 Å². The van der Waals surface area contributed by atoms with Crippen LogP contribution in [0.4, 0.5) is 5.69 Å². The third-order valence-electron chi connectivity index (χ3n) is 1.65. The zero-order valence-electron chi connectivity index (χ0n) is 5.97. The first-order valence-corrected chi connectivity index (χ1v) is 6.01. The number of nitrogen functional groups attached to an aromatic ring is 1. The van der Waals surface area contributed by atoms with Crippen molar-refractivity contribution in [3.63, 3.8) is 0 Å². The minimum atomic E-state index is 0.862. The molecule has 0 saturated heterocycles. The van der Waals surface area contributed by atoms with Crippen LogP contribution in [0.25, 0.3) is 10.1 Å². The fourth-order valence-corrected chi connectivity index (χ4v) is 3.58. The molecule has 1 nitrogen and oxygen atoms in total. The predicted octanol–water partition coefficient (Wildman–Crippen LogP) is 3.85. The van der Waals surface area contributed by atoms with Crippen LogP contribution in [0.2, 0.25) is 0 Å². The standard InChI is InChI=1S/C8H5BrINS/c9-6-4-2-1-3-5(11)7(4)12-8(6)10/h1-3H,11H2. The summed E-state index contributed by atoms with van der Waals surface area (Å²) < 4.78 is 3.59. The highest BCUT2D eigenvalue weighted by atomic mass is 127. The summed E-state index contributed by atoms with van der Waals surface area (Å²) in [6.45, 7) is 0. The number of thiophene rings is 1. The summed E-state index contributed by atoms with van der Waals surface area (Å²) in [4.78, 5) is 0. The molecule has 0 atom stereocenters. The molecule has 62 valence electrons. The van der Waals surface area contributed by atoms with Crippen LogP contribution < -0.4 is 5.73 Å². The van der Waals surface area contributed by atoms with E-state index in [0.717, 1.165) is 10.2 Å². The Morgan fingerprint density at radius 2 is 2.17 bits per heavy atom. The van der Waals surface area contributed by atoms with Gasteiger partial charge in [-0.25, -0.2) is 0 Å². The van der Waals surface area contributed by atoms with E-state index in [2.05, 4.69) is 44.6 Å². The summed E-state index contributed by atoms with van der Waals surface area (Å²) >= 11 is 7.56. The molecule has 4 heteroatoms. The molecule has 0 saturated carbocycles. The summed E-state index contributed by atoms with van der Waals surface area (Å²) in [5.74, 6) is 0. The Bertz CT molecular complexity index is 438. The van der Waals surface area contributed by atoms with Gasteiger partial charge >= 0.3 is 0 Å². The lowest BCUT2D eigenvalue weighted by Gasteiger charge is -1.93. The van der Waals surface area contributed by atoms with Crippen molar-refractivity contribution >= 4 is 65.6 Å². The number of hydrogen-bond donors (Lipinski definition) is 1. The van der Waals surface area contributed by atoms with Crippen LogP contribution in [0.5, 0.6) is 0 Å². The summed E-state index contributed by atoms with van der Waals surface area (Å²) in [5, 5.41) is 1.21. The van der Waals surface area contributed by atoms with Crippen molar-refractivity contribution in [2.45, 2.75) is 0 Å². The van der Waals surface area contributed by atoms with Crippen molar-refractivity contribution in [2.24, 2.45) is 0 Å². The second kappa shape index (κ2) is 3.16. The summed E-state index contributed by atoms with van der Waals surface area (Å²) in [6, 6.07) is 5.99. The van der Waals surface area contributed by atoms with Gasteiger partial charge in [0.1, 0.15) is 0 Å². The minimum Gasteiger partial charge on any atom is -0.398 e. The lowest BCUT2D eigenvalue weighted by molar-refractivity contribution is 1.79. The maximum absolute atomic E-state index is 5.82. The molecule has 12 heavy (non-hydrogen) atoms. The molecule has 2 aromatic rings. The number of benzene rings is 1. The van der Waals surface area contributed by atoms with Crippen LogP contribution >= 0.6 is 49.9 Å². The molecule has 0 aliphatic rings. The molecule has 2 rings (SSSR count). The molecule has 0 radical (unpaired) electrons. The molecular formula is C8H5BrINS. The molecule has 2 N–H and O–H groups in total. The highest BCUT2D eigenvalue weighted by Gasteiger charge is 2.08. The number of fused-ring (bicyclic) bond motifs is 1. The Morgan fingerprint density at radius 3 is 2.83 bits per heavy atom. The fraction of sp³-hybridized carbons (Fsp3) is 0. The first-order valence-electron chi connectivity index (χ1n) is 3.32. The number of anilines is 1. The molecule has 1 aromatic heterocycles. The van der Waals surface area contributed by atoms with Crippen molar-refractivity contribution in [3.05, 3.63) is 25.6 Å². The zero-order valence-corrected chi connectivity index (χ0v) is 10.5. The van der Waals surface area contributed by atoms with Crippen molar-refractivity contribution in [2.75, 3.05) is 5.73 Å². The van der Waals surface area contributed by atoms with Gasteiger partial charge < -0.3 is 5.73 Å². The first-order chi connectivity index (χ1) is 5.70. The van der Waals surface area contributed by atoms with Gasteiger partial charge in [-0.2, -0.15) is 0 Å². The number of nitrogens with two attached hydrogens (primary N) is 1. The SMILES string of the molecule is Nc1cccc2c(Br)c(I)sc12. The van der Waals surface area contributed by atoms with Crippen LogP contribution in [0.1, 0.15) is 0 Å². The van der Waals surface area contributed by atoms with Crippen molar-refractivity contribution < 1.29 is 0 Å². The number of halogens is 2. The summed E-state index contributed by atoms with van der Waals surface area (Å²) in [6.07, 6.45) is 0. The van der Waals surface area contributed by atoms with Crippen LogP contribution in [-0.4, -0.2) is 0 Å². The van der Waals surface area contributed by atoms with Gasteiger partial charge in [0.2, 0.25) is 0 Å². The van der Waals surface area contributed by atoms with Gasteiger partial charge in [-0.1, -0.05) is 12.1 Å². The van der Waals surface area contributed by atoms with Gasteiger partial charge in [0.05, 0.1) is 7.58 Å². The molecule has 1 aromatic carbocycles. The maximum atomic E-state index is 5.82. The average Bonchev–Trinajstić information content (AvgIpc) is 2.32. The molecule has 0 unspecified atom stereocenters. The van der Waals surface area contributed by atoms with E-state index in [1.165, 1.54) is 13.0 Å². The van der Waals surface area contributed by atoms with E-state index < -0.39 is 0 Å². The second-order valence-corrected chi connectivity index (χ2v) is 6.04. The Hall–Kier alpha value is 0.190. The van der Waals surface area contributed by atoms with Crippen LogP contribution in [0.15, 0.2) is 22.7 Å². The minimum absolute atomic E-state index is 0.862. The number of hydrogen-bond acceptors (Lipinski definition) is 2. The largest absolute Gasteiger partial charge is 0.398 e. The smallest absolute Gasteiger partial charge is 0.0808 e. The lowest BCUT2D eigenvalue weighted by Crippen LogP contribution is -1.81. The molecular weight excluding hydrogens is 349 g/mol. The Kier molecular flexibility index (Phi) is 2.31. The van der Waals surface area contributed by atoms with E-state index in [4.69, 9.17) is 5.73 Å². The predicted molar refractivity (Wildman–Crippen MR) is 66.7 cm³/mol. The third-order valence-corrected chi connectivity index (χ3v) is 5.72.